The molecule has 5 nitrogen and oxygen atoms in total. The van der Waals surface area contributed by atoms with Crippen molar-refractivity contribution >= 4 is 17.4 Å². The van der Waals surface area contributed by atoms with Gasteiger partial charge >= 0.3 is 6.03 Å². The van der Waals surface area contributed by atoms with Gasteiger partial charge in [-0.25, -0.2) is 4.79 Å². The van der Waals surface area contributed by atoms with E-state index in [1.54, 1.807) is 11.3 Å². The number of aliphatic hydroxyl groups is 1. The van der Waals surface area contributed by atoms with E-state index in [2.05, 4.69) is 10.6 Å². The number of amides is 2. The standard InChI is InChI=1S/C22H24N2O3S/c25-12-13-27-20(19-11-14-28-16-19)15-23-22(26)24-21(17-7-3-1-4-8-17)18-9-5-2-6-10-18/h1-11,14,16,20-21,25H,12-13,15H2,(H2,23,24,26)/t20-/m1/s1. The summed E-state index contributed by atoms with van der Waals surface area (Å²) in [6.07, 6.45) is -0.295. The topological polar surface area (TPSA) is 70.6 Å². The van der Waals surface area contributed by atoms with Crippen molar-refractivity contribution in [2.75, 3.05) is 19.8 Å². The molecule has 0 fully saturated rings. The van der Waals surface area contributed by atoms with Gasteiger partial charge in [0.1, 0.15) is 6.10 Å². The smallest absolute Gasteiger partial charge is 0.315 e. The van der Waals surface area contributed by atoms with Crippen LogP contribution in [0, 0.1) is 0 Å². The molecule has 0 unspecified atom stereocenters. The lowest BCUT2D eigenvalue weighted by Crippen LogP contribution is -2.40. The van der Waals surface area contributed by atoms with Crippen molar-refractivity contribution in [2.45, 2.75) is 12.1 Å². The molecule has 1 aromatic heterocycles. The van der Waals surface area contributed by atoms with Gasteiger partial charge in [0.2, 0.25) is 0 Å². The summed E-state index contributed by atoms with van der Waals surface area (Å²) in [5.74, 6) is 0. The second-order valence-corrected chi connectivity index (χ2v) is 7.03. The van der Waals surface area contributed by atoms with Gasteiger partial charge in [0, 0.05) is 6.54 Å². The van der Waals surface area contributed by atoms with Gasteiger partial charge in [0.05, 0.1) is 19.3 Å². The second kappa shape index (κ2) is 10.6. The maximum absolute atomic E-state index is 12.6. The van der Waals surface area contributed by atoms with Crippen molar-refractivity contribution in [1.82, 2.24) is 10.6 Å². The highest BCUT2D eigenvalue weighted by Gasteiger charge is 2.18. The Hall–Kier alpha value is -2.67. The highest BCUT2D eigenvalue weighted by molar-refractivity contribution is 7.07. The summed E-state index contributed by atoms with van der Waals surface area (Å²) in [6.45, 7) is 0.482. The van der Waals surface area contributed by atoms with Crippen LogP contribution in [0.3, 0.4) is 0 Å². The van der Waals surface area contributed by atoms with Gasteiger partial charge in [-0.3, -0.25) is 0 Å². The molecule has 0 aliphatic carbocycles. The van der Waals surface area contributed by atoms with Crippen LogP contribution in [0.4, 0.5) is 4.79 Å². The van der Waals surface area contributed by atoms with Crippen LogP contribution in [0.25, 0.3) is 0 Å². The first kappa shape index (κ1) is 20.1. The summed E-state index contributed by atoms with van der Waals surface area (Å²) in [7, 11) is 0. The third-order valence-electron chi connectivity index (χ3n) is 4.31. The lowest BCUT2D eigenvalue weighted by molar-refractivity contribution is 0.0296. The van der Waals surface area contributed by atoms with Crippen LogP contribution in [-0.2, 0) is 4.74 Å². The van der Waals surface area contributed by atoms with Crippen molar-refractivity contribution < 1.29 is 14.6 Å². The lowest BCUT2D eigenvalue weighted by Gasteiger charge is -2.22. The predicted octanol–water partition coefficient (Wildman–Crippen LogP) is 3.89. The first-order chi connectivity index (χ1) is 13.8. The van der Waals surface area contributed by atoms with Gasteiger partial charge in [0.25, 0.3) is 0 Å². The van der Waals surface area contributed by atoms with Crippen LogP contribution in [0.15, 0.2) is 77.5 Å². The molecular weight excluding hydrogens is 372 g/mol. The van der Waals surface area contributed by atoms with E-state index in [9.17, 15) is 4.79 Å². The minimum Gasteiger partial charge on any atom is -0.394 e. The second-order valence-electron chi connectivity index (χ2n) is 6.25. The molecule has 0 aliphatic heterocycles. The summed E-state index contributed by atoms with van der Waals surface area (Å²) >= 11 is 1.57. The Morgan fingerprint density at radius 3 is 2.14 bits per heavy atom. The molecule has 3 aromatic rings. The number of nitrogens with one attached hydrogen (secondary N) is 2. The Kier molecular flexibility index (Phi) is 7.61. The molecule has 1 atom stereocenters. The van der Waals surface area contributed by atoms with E-state index in [-0.39, 0.29) is 31.4 Å². The largest absolute Gasteiger partial charge is 0.394 e. The summed E-state index contributed by atoms with van der Waals surface area (Å²) < 4.78 is 5.67. The molecule has 0 bridgehead atoms. The first-order valence-electron chi connectivity index (χ1n) is 9.16. The van der Waals surface area contributed by atoms with Gasteiger partial charge in [-0.15, -0.1) is 0 Å². The SMILES string of the molecule is O=C(NC[C@@H](OCCO)c1ccsc1)NC(c1ccccc1)c1ccccc1. The molecule has 1 heterocycles. The maximum Gasteiger partial charge on any atom is 0.315 e. The number of aliphatic hydroxyl groups excluding tert-OH is 1. The monoisotopic (exact) mass is 396 g/mol. The number of rotatable bonds is 9. The minimum atomic E-state index is -0.295. The number of hydrogen-bond acceptors (Lipinski definition) is 4. The number of urea groups is 1. The average Bonchev–Trinajstić information content (AvgIpc) is 3.28. The van der Waals surface area contributed by atoms with Crippen LogP contribution in [-0.4, -0.2) is 30.9 Å². The molecule has 6 heteroatoms. The van der Waals surface area contributed by atoms with Crippen LogP contribution in [0.1, 0.15) is 28.8 Å². The van der Waals surface area contributed by atoms with E-state index < -0.39 is 0 Å². The fourth-order valence-corrected chi connectivity index (χ4v) is 3.65. The predicted molar refractivity (Wildman–Crippen MR) is 111 cm³/mol. The Morgan fingerprint density at radius 2 is 1.61 bits per heavy atom. The van der Waals surface area contributed by atoms with Crippen LogP contribution >= 0.6 is 11.3 Å². The Bertz CT molecular complexity index is 786. The highest BCUT2D eigenvalue weighted by Crippen LogP contribution is 2.22. The normalized spacial score (nSPS) is 11.9. The first-order valence-corrected chi connectivity index (χ1v) is 10.1. The summed E-state index contributed by atoms with van der Waals surface area (Å²) in [5.41, 5.74) is 3.01. The number of carbonyl (C=O) groups is 1. The maximum atomic E-state index is 12.6. The lowest BCUT2D eigenvalue weighted by atomic mass is 9.99. The van der Waals surface area contributed by atoms with Crippen molar-refractivity contribution in [3.05, 3.63) is 94.2 Å². The van der Waals surface area contributed by atoms with Crippen LogP contribution in [0.2, 0.25) is 0 Å². The summed E-state index contributed by atoms with van der Waals surface area (Å²) in [4.78, 5) is 12.6. The van der Waals surface area contributed by atoms with Gasteiger partial charge in [-0.05, 0) is 33.5 Å². The third-order valence-corrected chi connectivity index (χ3v) is 5.02. The van der Waals surface area contributed by atoms with Crippen molar-refractivity contribution in [3.63, 3.8) is 0 Å². The Labute approximate surface area is 169 Å². The number of carbonyl (C=O) groups excluding carboxylic acids is 1. The number of hydrogen-bond donors (Lipinski definition) is 3. The van der Waals surface area contributed by atoms with Crippen LogP contribution < -0.4 is 10.6 Å². The molecule has 0 radical (unpaired) electrons. The molecule has 0 saturated carbocycles. The Balaban J connectivity index is 1.66. The molecule has 2 aromatic carbocycles. The van der Waals surface area contributed by atoms with Crippen molar-refractivity contribution in [2.24, 2.45) is 0 Å². The van der Waals surface area contributed by atoms with E-state index >= 15 is 0 Å². The zero-order valence-electron chi connectivity index (χ0n) is 15.5. The molecular formula is C22H24N2O3S. The van der Waals surface area contributed by atoms with E-state index in [4.69, 9.17) is 9.84 Å². The Morgan fingerprint density at radius 1 is 0.964 bits per heavy atom. The van der Waals surface area contributed by atoms with Gasteiger partial charge in [0.15, 0.2) is 0 Å². The van der Waals surface area contributed by atoms with E-state index in [0.29, 0.717) is 6.54 Å². The number of benzene rings is 2. The van der Waals surface area contributed by atoms with E-state index in [0.717, 1.165) is 16.7 Å². The highest BCUT2D eigenvalue weighted by atomic mass is 32.1. The van der Waals surface area contributed by atoms with E-state index in [1.807, 2.05) is 77.5 Å². The third kappa shape index (κ3) is 5.66. The minimum absolute atomic E-state index is 0.0586. The molecule has 0 saturated heterocycles. The summed E-state index contributed by atoms with van der Waals surface area (Å²) in [6, 6.07) is 21.2. The molecule has 2 amide bonds. The summed E-state index contributed by atoms with van der Waals surface area (Å²) in [5, 5.41) is 18.9. The van der Waals surface area contributed by atoms with E-state index in [1.165, 1.54) is 0 Å². The van der Waals surface area contributed by atoms with Crippen LogP contribution in [0.5, 0.6) is 0 Å². The quantitative estimate of drug-likeness (QED) is 0.514. The number of thiophene rings is 1. The van der Waals surface area contributed by atoms with Gasteiger partial charge in [-0.1, -0.05) is 60.7 Å². The zero-order valence-corrected chi connectivity index (χ0v) is 16.3. The molecule has 3 N–H and O–H groups in total. The average molecular weight is 397 g/mol. The fraction of sp³-hybridized carbons (Fsp3) is 0.227. The number of ether oxygens (including phenoxy) is 1. The molecule has 28 heavy (non-hydrogen) atoms. The van der Waals surface area contributed by atoms with Gasteiger partial charge < -0.3 is 20.5 Å². The zero-order chi connectivity index (χ0) is 19.6. The molecule has 0 aliphatic rings. The van der Waals surface area contributed by atoms with Crippen molar-refractivity contribution in [3.8, 4) is 0 Å². The molecule has 0 spiro atoms. The molecule has 3 rings (SSSR count). The fourth-order valence-electron chi connectivity index (χ4n) is 2.94. The van der Waals surface area contributed by atoms with Crippen molar-refractivity contribution in [1.29, 1.82) is 0 Å². The van der Waals surface area contributed by atoms with Gasteiger partial charge in [-0.2, -0.15) is 11.3 Å². The molecule has 146 valence electrons.